The first-order chi connectivity index (χ1) is 13.0. The van der Waals surface area contributed by atoms with Gasteiger partial charge in [-0.2, -0.15) is 0 Å². The molecule has 0 aliphatic carbocycles. The number of esters is 2. The molecule has 2 N–H and O–H groups in total. The van der Waals surface area contributed by atoms with Crippen molar-refractivity contribution in [2.45, 2.75) is 40.4 Å². The summed E-state index contributed by atoms with van der Waals surface area (Å²) in [6, 6.07) is 0. The molecule has 0 aliphatic heterocycles. The Hall–Kier alpha value is -0.710. The van der Waals surface area contributed by atoms with Crippen molar-refractivity contribution < 1.29 is 28.7 Å². The molecule has 0 heterocycles. The second-order valence-corrected chi connectivity index (χ2v) is 9.00. The first-order valence-electron chi connectivity index (χ1n) is 8.01. The number of hydrogen-bond donors (Lipinski definition) is 2. The zero-order valence-electron chi connectivity index (χ0n) is 15.6. The van der Waals surface area contributed by atoms with Crippen LogP contribution < -0.4 is 10.6 Å². The van der Waals surface area contributed by atoms with Crippen LogP contribution in [-0.4, -0.2) is 36.4 Å². The van der Waals surface area contributed by atoms with Crippen LogP contribution in [0.2, 0.25) is 0 Å². The molecule has 0 saturated heterocycles. The van der Waals surface area contributed by atoms with Gasteiger partial charge in [0.05, 0.1) is 21.4 Å². The van der Waals surface area contributed by atoms with Crippen LogP contribution >= 0.6 is 67.8 Å². The average molecular weight is 728 g/mol. The third kappa shape index (κ3) is 7.27. The number of anilines is 1. The van der Waals surface area contributed by atoms with Crippen LogP contribution in [0.1, 0.15) is 43.6 Å². The number of hydrogen-bond acceptors (Lipinski definition) is 6. The molecule has 0 aromatic heterocycles. The van der Waals surface area contributed by atoms with Crippen LogP contribution in [0.5, 0.6) is 0 Å². The fourth-order valence-electron chi connectivity index (χ4n) is 2.15. The van der Waals surface area contributed by atoms with E-state index in [0.717, 1.165) is 0 Å². The summed E-state index contributed by atoms with van der Waals surface area (Å²) >= 11 is 6.07. The van der Waals surface area contributed by atoms with E-state index in [1.807, 2.05) is 45.2 Å². The molecule has 0 spiro atoms. The van der Waals surface area contributed by atoms with Crippen LogP contribution in [0.15, 0.2) is 0 Å². The van der Waals surface area contributed by atoms with Gasteiger partial charge in [-0.3, -0.25) is 19.2 Å². The van der Waals surface area contributed by atoms with E-state index in [4.69, 9.17) is 9.47 Å². The highest BCUT2D eigenvalue weighted by Gasteiger charge is 2.25. The minimum absolute atomic E-state index is 0.0283. The van der Waals surface area contributed by atoms with Gasteiger partial charge in [0.25, 0.3) is 5.91 Å². The number of ether oxygens (including phenoxy) is 2. The van der Waals surface area contributed by atoms with Gasteiger partial charge < -0.3 is 20.1 Å². The number of halogens is 3. The molecular formula is C17H19I3N2O6. The minimum atomic E-state index is -0.490. The SMILES string of the molecule is CC(=O)Nc1c(I)c(COC(C)=O)c(I)c(C(=O)NCC(C)OC(C)=O)c1I. The van der Waals surface area contributed by atoms with Crippen molar-refractivity contribution in [1.82, 2.24) is 5.32 Å². The molecule has 0 bridgehead atoms. The van der Waals surface area contributed by atoms with Gasteiger partial charge in [0.2, 0.25) is 5.91 Å². The number of carbonyl (C=O) groups excluding carboxylic acids is 4. The number of nitrogens with one attached hydrogen (secondary N) is 2. The fourth-order valence-corrected chi connectivity index (χ4v) is 6.39. The lowest BCUT2D eigenvalue weighted by atomic mass is 10.1. The number of benzene rings is 1. The fraction of sp³-hybridized carbons (Fsp3) is 0.412. The van der Waals surface area contributed by atoms with Gasteiger partial charge in [-0.25, -0.2) is 0 Å². The van der Waals surface area contributed by atoms with E-state index in [9.17, 15) is 19.2 Å². The third-order valence-electron chi connectivity index (χ3n) is 3.27. The largest absolute Gasteiger partial charge is 0.461 e. The first-order valence-corrected chi connectivity index (χ1v) is 11.2. The molecule has 8 nitrogen and oxygen atoms in total. The van der Waals surface area contributed by atoms with Crippen LogP contribution in [0, 0.1) is 10.7 Å². The van der Waals surface area contributed by atoms with Gasteiger partial charge in [-0.1, -0.05) is 0 Å². The van der Waals surface area contributed by atoms with Crippen LogP contribution in [-0.2, 0) is 30.5 Å². The summed E-state index contributed by atoms with van der Waals surface area (Å²) in [4.78, 5) is 46.7. The number of rotatable bonds is 7. The van der Waals surface area contributed by atoms with Gasteiger partial charge in [0, 0.05) is 33.5 Å². The highest BCUT2D eigenvalue weighted by Crippen LogP contribution is 2.36. The smallest absolute Gasteiger partial charge is 0.302 e. The van der Waals surface area contributed by atoms with Gasteiger partial charge in [-0.05, 0) is 74.7 Å². The lowest BCUT2D eigenvalue weighted by molar-refractivity contribution is -0.145. The van der Waals surface area contributed by atoms with Crippen LogP contribution in [0.25, 0.3) is 0 Å². The van der Waals surface area contributed by atoms with E-state index in [2.05, 4.69) is 33.2 Å². The van der Waals surface area contributed by atoms with E-state index >= 15 is 0 Å². The molecular weight excluding hydrogens is 709 g/mol. The molecule has 0 radical (unpaired) electrons. The van der Waals surface area contributed by atoms with Gasteiger partial charge >= 0.3 is 11.9 Å². The highest BCUT2D eigenvalue weighted by atomic mass is 127. The van der Waals surface area contributed by atoms with E-state index < -0.39 is 18.0 Å². The maximum absolute atomic E-state index is 12.8. The third-order valence-corrected chi connectivity index (χ3v) is 6.73. The van der Waals surface area contributed by atoms with Crippen molar-refractivity contribution in [2.75, 3.05) is 11.9 Å². The van der Waals surface area contributed by atoms with Gasteiger partial charge in [0.15, 0.2) is 0 Å². The molecule has 1 atom stereocenters. The maximum Gasteiger partial charge on any atom is 0.302 e. The molecule has 28 heavy (non-hydrogen) atoms. The number of amides is 2. The predicted octanol–water partition coefficient (Wildman–Crippen LogP) is 3.20. The van der Waals surface area contributed by atoms with E-state index in [1.165, 1.54) is 20.8 Å². The van der Waals surface area contributed by atoms with Crippen molar-refractivity contribution in [1.29, 1.82) is 0 Å². The monoisotopic (exact) mass is 728 g/mol. The van der Waals surface area contributed by atoms with Crippen molar-refractivity contribution in [2.24, 2.45) is 0 Å². The van der Waals surface area contributed by atoms with Gasteiger partial charge in [-0.15, -0.1) is 0 Å². The molecule has 1 aromatic rings. The summed E-state index contributed by atoms with van der Waals surface area (Å²) in [5.74, 6) is -1.56. The highest BCUT2D eigenvalue weighted by molar-refractivity contribution is 14.1. The maximum atomic E-state index is 12.8. The quantitative estimate of drug-likeness (QED) is 0.330. The molecule has 1 rings (SSSR count). The van der Waals surface area contributed by atoms with E-state index in [0.29, 0.717) is 27.5 Å². The van der Waals surface area contributed by atoms with E-state index in [-0.39, 0.29) is 25.0 Å². The first kappa shape index (κ1) is 25.3. The standard InChI is InChI=1S/C17H19I3N2O6/c1-7(28-10(4)25)5-21-17(26)12-13(18)11(6-27-9(3)24)14(19)16(15(12)20)22-8(2)23/h7H,5-6H2,1-4H3,(H,21,26)(H,22,23). The molecule has 1 unspecified atom stereocenters. The van der Waals surface area contributed by atoms with E-state index in [1.54, 1.807) is 6.92 Å². The summed E-state index contributed by atoms with van der Waals surface area (Å²) in [6.45, 7) is 5.73. The van der Waals surface area contributed by atoms with Gasteiger partial charge in [0.1, 0.15) is 12.7 Å². The summed E-state index contributed by atoms with van der Waals surface area (Å²) in [6.07, 6.45) is -0.490. The lowest BCUT2D eigenvalue weighted by Crippen LogP contribution is -2.34. The Bertz CT molecular complexity index is 813. The molecule has 0 aliphatic rings. The Kier molecular flexibility index (Phi) is 10.4. The normalized spacial score (nSPS) is 11.4. The Labute approximate surface area is 203 Å². The second-order valence-electron chi connectivity index (χ2n) is 5.76. The minimum Gasteiger partial charge on any atom is -0.461 e. The number of carbonyl (C=O) groups is 4. The van der Waals surface area contributed by atoms with Crippen molar-refractivity contribution in [3.05, 3.63) is 21.8 Å². The molecule has 0 saturated carbocycles. The van der Waals surface area contributed by atoms with Crippen LogP contribution in [0.3, 0.4) is 0 Å². The summed E-state index contributed by atoms with van der Waals surface area (Å²) in [5, 5.41) is 5.46. The molecule has 2 amide bonds. The Morgan fingerprint density at radius 3 is 2.07 bits per heavy atom. The van der Waals surface area contributed by atoms with Crippen molar-refractivity contribution in [3.63, 3.8) is 0 Å². The molecule has 154 valence electrons. The zero-order chi connectivity index (χ0) is 21.6. The molecule has 1 aromatic carbocycles. The van der Waals surface area contributed by atoms with Crippen molar-refractivity contribution in [3.8, 4) is 0 Å². The lowest BCUT2D eigenvalue weighted by Gasteiger charge is -2.20. The topological polar surface area (TPSA) is 111 Å². The summed E-state index contributed by atoms with van der Waals surface area (Å²) in [7, 11) is 0. The molecule has 0 fully saturated rings. The Morgan fingerprint density at radius 2 is 1.57 bits per heavy atom. The van der Waals surface area contributed by atoms with Crippen molar-refractivity contribution >= 4 is 97.2 Å². The average Bonchev–Trinajstić information content (AvgIpc) is 2.55. The predicted molar refractivity (Wildman–Crippen MR) is 128 cm³/mol. The summed E-state index contributed by atoms with van der Waals surface area (Å²) in [5.41, 5.74) is 1.45. The zero-order valence-corrected chi connectivity index (χ0v) is 22.0. The molecule has 11 heteroatoms. The second kappa shape index (κ2) is 11.5. The Balaban J connectivity index is 3.32. The summed E-state index contributed by atoms with van der Waals surface area (Å²) < 4.78 is 12.0. The van der Waals surface area contributed by atoms with Crippen LogP contribution in [0.4, 0.5) is 5.69 Å². The Morgan fingerprint density at radius 1 is 0.964 bits per heavy atom.